The fourth-order valence-electron chi connectivity index (χ4n) is 6.61. The maximum Gasteiger partial charge on any atom is 0.236 e. The van der Waals surface area contributed by atoms with Gasteiger partial charge in [-0.3, -0.25) is 39.5 Å². The number of anilines is 2. The van der Waals surface area contributed by atoms with E-state index < -0.39 is 0 Å². The van der Waals surface area contributed by atoms with Gasteiger partial charge < -0.3 is 15.1 Å². The minimum atomic E-state index is -0.163. The average molecular weight is 817 g/mol. The van der Waals surface area contributed by atoms with E-state index in [0.29, 0.717) is 36.6 Å². The van der Waals surface area contributed by atoms with Crippen molar-refractivity contribution in [3.8, 4) is 22.5 Å². The standard InChI is InChI=1S/C33H33N9O2.2C4H3ClN2/c43-31(42-17-15-41(16-18-42)27-4-1-23(2-5-27)30-20-35-12-13-36-30)22-40-14-9-25(21-40)33(44)37-26-3-6-29-28(19-26)32(39-38-29)24-7-10-34-11-8-24;5-4-3-6-1-2-7-4;5-4-6-2-1-3-7-4/h1-8,10-13,19-20,25H,9,14-18,21-22H2,(H,37,44)(H,38,39);2*1-3H/t25-;;/m1../s1. The Labute approximate surface area is 344 Å². The molecule has 7 aromatic rings. The van der Waals surface area contributed by atoms with E-state index in [1.54, 1.807) is 61.8 Å². The molecule has 17 heteroatoms. The number of hydrogen-bond acceptors (Lipinski definition) is 12. The Hall–Kier alpha value is -6.42. The van der Waals surface area contributed by atoms with Crippen molar-refractivity contribution in [3.05, 3.63) is 133 Å². The van der Waals surface area contributed by atoms with Crippen LogP contribution in [0.15, 0.2) is 123 Å². The summed E-state index contributed by atoms with van der Waals surface area (Å²) in [6, 6.07) is 19.6. The Bertz CT molecular complexity index is 2330. The summed E-state index contributed by atoms with van der Waals surface area (Å²) in [4.78, 5) is 59.9. The van der Waals surface area contributed by atoms with E-state index in [2.05, 4.69) is 84.5 Å². The molecule has 0 saturated carbocycles. The van der Waals surface area contributed by atoms with E-state index in [1.807, 2.05) is 35.2 Å². The lowest BCUT2D eigenvalue weighted by Gasteiger charge is -2.36. The first-order chi connectivity index (χ1) is 28.4. The van der Waals surface area contributed by atoms with Gasteiger partial charge in [0.1, 0.15) is 10.8 Å². The fourth-order valence-corrected chi connectivity index (χ4v) is 6.84. The number of piperazine rings is 1. The first kappa shape index (κ1) is 39.8. The smallest absolute Gasteiger partial charge is 0.236 e. The molecule has 0 spiro atoms. The van der Waals surface area contributed by atoms with E-state index in [4.69, 9.17) is 23.2 Å². The van der Waals surface area contributed by atoms with Gasteiger partial charge in [0.05, 0.1) is 36.1 Å². The second kappa shape index (κ2) is 19.6. The molecular weight excluding hydrogens is 777 g/mol. The van der Waals surface area contributed by atoms with Gasteiger partial charge in [-0.15, -0.1) is 0 Å². The van der Waals surface area contributed by atoms with Crippen LogP contribution < -0.4 is 10.2 Å². The van der Waals surface area contributed by atoms with E-state index in [-0.39, 0.29) is 17.7 Å². The summed E-state index contributed by atoms with van der Waals surface area (Å²) in [7, 11) is 0. The van der Waals surface area contributed by atoms with Gasteiger partial charge in [0, 0.05) is 110 Å². The zero-order chi connectivity index (χ0) is 40.1. The van der Waals surface area contributed by atoms with Gasteiger partial charge in [0.2, 0.25) is 17.1 Å². The molecule has 15 nitrogen and oxygen atoms in total. The van der Waals surface area contributed by atoms with Gasteiger partial charge in [0.25, 0.3) is 0 Å². The number of amides is 2. The van der Waals surface area contributed by atoms with Crippen LogP contribution in [0.5, 0.6) is 0 Å². The lowest BCUT2D eigenvalue weighted by Crippen LogP contribution is -2.51. The minimum Gasteiger partial charge on any atom is -0.368 e. The van der Waals surface area contributed by atoms with Gasteiger partial charge in [-0.1, -0.05) is 23.7 Å². The van der Waals surface area contributed by atoms with Crippen molar-refractivity contribution in [2.24, 2.45) is 5.92 Å². The summed E-state index contributed by atoms with van der Waals surface area (Å²) in [6.07, 6.45) is 17.1. The number of pyridine rings is 1. The van der Waals surface area contributed by atoms with E-state index in [1.165, 1.54) is 6.20 Å². The Morgan fingerprint density at radius 2 is 1.48 bits per heavy atom. The average Bonchev–Trinajstić information content (AvgIpc) is 3.93. The molecular formula is C41H39Cl2N13O2. The molecule has 2 amide bonds. The Kier molecular flexibility index (Phi) is 13.5. The van der Waals surface area contributed by atoms with Crippen LogP contribution in [0.2, 0.25) is 10.4 Å². The van der Waals surface area contributed by atoms with Crippen molar-refractivity contribution in [3.63, 3.8) is 0 Å². The van der Waals surface area contributed by atoms with Gasteiger partial charge >= 0.3 is 0 Å². The van der Waals surface area contributed by atoms with Crippen LogP contribution in [-0.4, -0.2) is 113 Å². The number of hydrogen-bond donors (Lipinski definition) is 2. The molecule has 2 aliphatic rings. The van der Waals surface area contributed by atoms with Gasteiger partial charge in [-0.25, -0.2) is 15.0 Å². The highest BCUT2D eigenvalue weighted by atomic mass is 35.5. The highest BCUT2D eigenvalue weighted by Crippen LogP contribution is 2.29. The van der Waals surface area contributed by atoms with Gasteiger partial charge in [-0.2, -0.15) is 5.10 Å². The first-order valence-corrected chi connectivity index (χ1v) is 19.3. The Morgan fingerprint density at radius 1 is 0.741 bits per heavy atom. The topological polar surface area (TPSA) is 175 Å². The molecule has 2 saturated heterocycles. The van der Waals surface area contributed by atoms with Crippen LogP contribution >= 0.6 is 23.2 Å². The summed E-state index contributed by atoms with van der Waals surface area (Å²) in [5, 5.41) is 12.3. The molecule has 2 aliphatic heterocycles. The maximum atomic E-state index is 13.2. The van der Waals surface area contributed by atoms with Gasteiger partial charge in [0.15, 0.2) is 0 Å². The molecule has 5 aromatic heterocycles. The molecule has 2 aromatic carbocycles. The molecule has 7 heterocycles. The van der Waals surface area contributed by atoms with Crippen LogP contribution in [0, 0.1) is 5.92 Å². The summed E-state index contributed by atoms with van der Waals surface area (Å²) >= 11 is 10.7. The number of halogens is 2. The highest BCUT2D eigenvalue weighted by Gasteiger charge is 2.31. The molecule has 2 N–H and O–H groups in total. The molecule has 294 valence electrons. The number of nitrogens with one attached hydrogen (secondary N) is 2. The fraction of sp³-hybridized carbons (Fsp3) is 0.220. The molecule has 9 rings (SSSR count). The quantitative estimate of drug-likeness (QED) is 0.181. The van der Waals surface area contributed by atoms with Crippen molar-refractivity contribution in [1.29, 1.82) is 0 Å². The lowest BCUT2D eigenvalue weighted by atomic mass is 10.1. The molecule has 0 bridgehead atoms. The van der Waals surface area contributed by atoms with Crippen molar-refractivity contribution < 1.29 is 9.59 Å². The predicted octanol–water partition coefficient (Wildman–Crippen LogP) is 5.95. The number of aromatic amines is 1. The summed E-state index contributed by atoms with van der Waals surface area (Å²) in [5.41, 5.74) is 6.43. The van der Waals surface area contributed by atoms with E-state index in [0.717, 1.165) is 70.8 Å². The number of rotatable bonds is 7. The Morgan fingerprint density at radius 3 is 2.12 bits per heavy atom. The van der Waals surface area contributed by atoms with Crippen molar-refractivity contribution in [2.75, 3.05) is 56.0 Å². The second-order valence-corrected chi connectivity index (χ2v) is 14.1. The normalized spacial score (nSPS) is 15.2. The molecule has 0 unspecified atom stereocenters. The van der Waals surface area contributed by atoms with E-state index >= 15 is 0 Å². The highest BCUT2D eigenvalue weighted by molar-refractivity contribution is 6.29. The number of aromatic nitrogens is 9. The maximum absolute atomic E-state index is 13.2. The zero-order valence-corrected chi connectivity index (χ0v) is 32.8. The zero-order valence-electron chi connectivity index (χ0n) is 31.3. The minimum absolute atomic E-state index is 0.0211. The number of likely N-dealkylation sites (tertiary alicyclic amines) is 1. The van der Waals surface area contributed by atoms with Crippen LogP contribution in [0.3, 0.4) is 0 Å². The SMILES string of the molecule is Clc1cnccn1.Clc1ncccn1.O=C(Nc1ccc2[nH]nc(-c3ccncc3)c2c1)[C@@H]1CCN(CC(=O)N2CCN(c3ccc(-c4cnccn4)cc3)CC2)C1. The number of carbonyl (C=O) groups is 2. The molecule has 0 aliphatic carbocycles. The Balaban J connectivity index is 0.000000308. The third-order valence-electron chi connectivity index (χ3n) is 9.58. The third-order valence-corrected chi connectivity index (χ3v) is 9.97. The van der Waals surface area contributed by atoms with Crippen LogP contribution in [0.4, 0.5) is 11.4 Å². The van der Waals surface area contributed by atoms with Crippen molar-refractivity contribution in [1.82, 2.24) is 54.9 Å². The van der Waals surface area contributed by atoms with Crippen LogP contribution in [0.25, 0.3) is 33.4 Å². The number of carbonyl (C=O) groups excluding carboxylic acids is 2. The van der Waals surface area contributed by atoms with Gasteiger partial charge in [-0.05, 0) is 73.1 Å². The van der Waals surface area contributed by atoms with Crippen LogP contribution in [0.1, 0.15) is 6.42 Å². The summed E-state index contributed by atoms with van der Waals surface area (Å²) in [6.45, 7) is 4.57. The second-order valence-electron chi connectivity index (χ2n) is 13.3. The molecule has 0 radical (unpaired) electrons. The molecule has 1 atom stereocenters. The summed E-state index contributed by atoms with van der Waals surface area (Å²) in [5.74, 6) is -0.0610. The number of benzene rings is 2. The predicted molar refractivity (Wildman–Crippen MR) is 223 cm³/mol. The summed E-state index contributed by atoms with van der Waals surface area (Å²) < 4.78 is 0. The first-order valence-electron chi connectivity index (χ1n) is 18.5. The van der Waals surface area contributed by atoms with Crippen molar-refractivity contribution in [2.45, 2.75) is 6.42 Å². The van der Waals surface area contributed by atoms with E-state index in [9.17, 15) is 9.59 Å². The van der Waals surface area contributed by atoms with Crippen LogP contribution in [-0.2, 0) is 9.59 Å². The molecule has 58 heavy (non-hydrogen) atoms. The third kappa shape index (κ3) is 10.7. The number of nitrogens with zero attached hydrogens (tertiary/aromatic N) is 11. The number of fused-ring (bicyclic) bond motifs is 1. The monoisotopic (exact) mass is 815 g/mol. The van der Waals surface area contributed by atoms with Crippen molar-refractivity contribution >= 4 is 57.3 Å². The number of H-pyrrole nitrogens is 1. The molecule has 2 fully saturated rings. The lowest BCUT2D eigenvalue weighted by molar-refractivity contribution is -0.132. The largest absolute Gasteiger partial charge is 0.368 e.